The first-order valence-corrected chi connectivity index (χ1v) is 10.4. The molecule has 0 radical (unpaired) electrons. The molecule has 0 aliphatic carbocycles. The van der Waals surface area contributed by atoms with Crippen LogP contribution in [0, 0.1) is 0 Å². The summed E-state index contributed by atoms with van der Waals surface area (Å²) in [6, 6.07) is 16.0. The maximum Gasteiger partial charge on any atom is 0.232 e. The number of thiazole rings is 1. The fraction of sp³-hybridized carbons (Fsp3) is 0.300. The number of ether oxygens (including phenoxy) is 1. The van der Waals surface area contributed by atoms with E-state index in [1.807, 2.05) is 56.4 Å². The number of amides is 1. The standard InChI is InChI=1S/C20H22N2O2S2/c1-14(15-8-10-16(24-3)11-9-15)22(2)20(23)13-25-12-19-21-17-6-4-5-7-18(17)26-19/h4-11,14H,12-13H2,1-3H3. The smallest absolute Gasteiger partial charge is 0.232 e. The van der Waals surface area contributed by atoms with Crippen LogP contribution in [-0.2, 0) is 10.5 Å². The van der Waals surface area contributed by atoms with Crippen molar-refractivity contribution in [3.63, 3.8) is 0 Å². The first-order valence-electron chi connectivity index (χ1n) is 8.40. The van der Waals surface area contributed by atoms with Gasteiger partial charge in [-0.2, -0.15) is 0 Å². The highest BCUT2D eigenvalue weighted by molar-refractivity contribution is 7.99. The Labute approximate surface area is 162 Å². The van der Waals surface area contributed by atoms with Crippen LogP contribution in [0.1, 0.15) is 23.5 Å². The van der Waals surface area contributed by atoms with E-state index in [1.54, 1.807) is 35.1 Å². The first kappa shape index (κ1) is 18.7. The van der Waals surface area contributed by atoms with Crippen LogP contribution in [0.4, 0.5) is 0 Å². The lowest BCUT2D eigenvalue weighted by molar-refractivity contribution is -0.128. The number of hydrogen-bond acceptors (Lipinski definition) is 5. The van der Waals surface area contributed by atoms with E-state index in [1.165, 1.54) is 4.70 Å². The molecule has 1 heterocycles. The Bertz CT molecular complexity index is 844. The average Bonchev–Trinajstić information content (AvgIpc) is 3.09. The highest BCUT2D eigenvalue weighted by atomic mass is 32.2. The molecule has 0 N–H and O–H groups in total. The molecular formula is C20H22N2O2S2. The number of benzene rings is 2. The van der Waals surface area contributed by atoms with E-state index in [-0.39, 0.29) is 11.9 Å². The molecule has 1 atom stereocenters. The van der Waals surface area contributed by atoms with Gasteiger partial charge in [-0.15, -0.1) is 23.1 Å². The first-order chi connectivity index (χ1) is 12.6. The lowest BCUT2D eigenvalue weighted by Crippen LogP contribution is -2.31. The van der Waals surface area contributed by atoms with Gasteiger partial charge < -0.3 is 9.64 Å². The number of carbonyl (C=O) groups excluding carboxylic acids is 1. The Morgan fingerprint density at radius 1 is 1.23 bits per heavy atom. The number of thioether (sulfide) groups is 1. The van der Waals surface area contributed by atoms with Crippen LogP contribution < -0.4 is 4.74 Å². The van der Waals surface area contributed by atoms with Gasteiger partial charge in [0.25, 0.3) is 0 Å². The van der Waals surface area contributed by atoms with Crippen LogP contribution >= 0.6 is 23.1 Å². The van der Waals surface area contributed by atoms with Gasteiger partial charge in [0.05, 0.1) is 29.1 Å². The predicted octanol–water partition coefficient (Wildman–Crippen LogP) is 4.76. The molecule has 1 amide bonds. The van der Waals surface area contributed by atoms with Crippen molar-refractivity contribution in [1.29, 1.82) is 0 Å². The third-order valence-electron chi connectivity index (χ3n) is 4.36. The SMILES string of the molecule is COc1ccc(C(C)N(C)C(=O)CSCc2nc3ccccc3s2)cc1. The van der Waals surface area contributed by atoms with Crippen LogP contribution in [0.2, 0.25) is 0 Å². The number of fused-ring (bicyclic) bond motifs is 1. The van der Waals surface area contributed by atoms with Crippen molar-refractivity contribution >= 4 is 39.2 Å². The van der Waals surface area contributed by atoms with E-state index in [9.17, 15) is 4.79 Å². The molecule has 1 unspecified atom stereocenters. The van der Waals surface area contributed by atoms with Crippen molar-refractivity contribution in [2.75, 3.05) is 19.9 Å². The summed E-state index contributed by atoms with van der Waals surface area (Å²) >= 11 is 3.31. The summed E-state index contributed by atoms with van der Waals surface area (Å²) < 4.78 is 6.38. The molecule has 0 saturated carbocycles. The normalized spacial score (nSPS) is 12.1. The fourth-order valence-corrected chi connectivity index (χ4v) is 4.60. The van der Waals surface area contributed by atoms with Gasteiger partial charge in [-0.1, -0.05) is 24.3 Å². The van der Waals surface area contributed by atoms with Gasteiger partial charge >= 0.3 is 0 Å². The zero-order chi connectivity index (χ0) is 18.5. The minimum absolute atomic E-state index is 0.0245. The third-order valence-corrected chi connectivity index (χ3v) is 6.51. The Morgan fingerprint density at radius 2 is 1.96 bits per heavy atom. The van der Waals surface area contributed by atoms with Crippen LogP contribution in [0.15, 0.2) is 48.5 Å². The van der Waals surface area contributed by atoms with Crippen molar-refractivity contribution in [2.45, 2.75) is 18.7 Å². The Balaban J connectivity index is 1.53. The van der Waals surface area contributed by atoms with Gasteiger partial charge in [0.2, 0.25) is 5.91 Å². The van der Waals surface area contributed by atoms with Gasteiger partial charge in [0.1, 0.15) is 10.8 Å². The summed E-state index contributed by atoms with van der Waals surface area (Å²) in [7, 11) is 3.51. The number of methoxy groups -OCH3 is 1. The van der Waals surface area contributed by atoms with Crippen molar-refractivity contribution in [1.82, 2.24) is 9.88 Å². The average molecular weight is 387 g/mol. The number of para-hydroxylation sites is 1. The predicted molar refractivity (Wildman–Crippen MR) is 110 cm³/mol. The van der Waals surface area contributed by atoms with E-state index in [0.717, 1.165) is 27.6 Å². The lowest BCUT2D eigenvalue weighted by atomic mass is 10.1. The molecule has 0 bridgehead atoms. The van der Waals surface area contributed by atoms with E-state index in [4.69, 9.17) is 4.74 Å². The molecule has 2 aromatic carbocycles. The molecule has 0 fully saturated rings. The quantitative estimate of drug-likeness (QED) is 0.587. The summed E-state index contributed by atoms with van der Waals surface area (Å²) in [6.07, 6.45) is 0. The van der Waals surface area contributed by atoms with Crippen molar-refractivity contribution in [3.05, 3.63) is 59.1 Å². The number of rotatable bonds is 7. The second-order valence-corrected chi connectivity index (χ2v) is 8.12. The van der Waals surface area contributed by atoms with Gasteiger partial charge in [-0.3, -0.25) is 4.79 Å². The van der Waals surface area contributed by atoms with Gasteiger partial charge in [-0.05, 0) is 36.8 Å². The highest BCUT2D eigenvalue weighted by Gasteiger charge is 2.17. The molecule has 4 nitrogen and oxygen atoms in total. The van der Waals surface area contributed by atoms with Crippen LogP contribution in [-0.4, -0.2) is 35.7 Å². The molecule has 6 heteroatoms. The molecule has 0 spiro atoms. The van der Waals surface area contributed by atoms with E-state index >= 15 is 0 Å². The molecule has 3 rings (SSSR count). The molecule has 3 aromatic rings. The topological polar surface area (TPSA) is 42.4 Å². The Morgan fingerprint density at radius 3 is 2.65 bits per heavy atom. The second kappa shape index (κ2) is 8.56. The fourth-order valence-electron chi connectivity index (χ4n) is 2.63. The monoisotopic (exact) mass is 386 g/mol. The van der Waals surface area contributed by atoms with Crippen LogP contribution in [0.25, 0.3) is 10.2 Å². The van der Waals surface area contributed by atoms with Crippen LogP contribution in [0.5, 0.6) is 5.75 Å². The zero-order valence-corrected chi connectivity index (χ0v) is 16.8. The van der Waals surface area contributed by atoms with Crippen molar-refractivity contribution in [2.24, 2.45) is 0 Å². The Hall–Kier alpha value is -2.05. The number of carbonyl (C=O) groups is 1. The van der Waals surface area contributed by atoms with Crippen molar-refractivity contribution < 1.29 is 9.53 Å². The zero-order valence-electron chi connectivity index (χ0n) is 15.1. The molecule has 1 aromatic heterocycles. The van der Waals surface area contributed by atoms with E-state index in [0.29, 0.717) is 5.75 Å². The minimum Gasteiger partial charge on any atom is -0.497 e. The third kappa shape index (κ3) is 4.37. The van der Waals surface area contributed by atoms with Gasteiger partial charge in [-0.25, -0.2) is 4.98 Å². The molecule has 26 heavy (non-hydrogen) atoms. The summed E-state index contributed by atoms with van der Waals surface area (Å²) in [5.74, 6) is 2.16. The maximum atomic E-state index is 12.5. The van der Waals surface area contributed by atoms with Gasteiger partial charge in [0.15, 0.2) is 0 Å². The highest BCUT2D eigenvalue weighted by Crippen LogP contribution is 2.26. The lowest BCUT2D eigenvalue weighted by Gasteiger charge is -2.25. The summed E-state index contributed by atoms with van der Waals surface area (Å²) in [4.78, 5) is 18.9. The number of hydrogen-bond donors (Lipinski definition) is 0. The largest absolute Gasteiger partial charge is 0.497 e. The number of aromatic nitrogens is 1. The molecule has 0 aliphatic rings. The van der Waals surface area contributed by atoms with Crippen molar-refractivity contribution in [3.8, 4) is 5.75 Å². The maximum absolute atomic E-state index is 12.5. The van der Waals surface area contributed by atoms with Gasteiger partial charge in [0, 0.05) is 12.8 Å². The Kier molecular flexibility index (Phi) is 6.16. The summed E-state index contributed by atoms with van der Waals surface area (Å²) in [5.41, 5.74) is 2.13. The molecule has 136 valence electrons. The summed E-state index contributed by atoms with van der Waals surface area (Å²) in [6.45, 7) is 2.04. The molecule has 0 aliphatic heterocycles. The van der Waals surface area contributed by atoms with Crippen LogP contribution in [0.3, 0.4) is 0 Å². The minimum atomic E-state index is 0.0245. The summed E-state index contributed by atoms with van der Waals surface area (Å²) in [5, 5.41) is 1.06. The second-order valence-electron chi connectivity index (χ2n) is 6.02. The number of nitrogens with zero attached hydrogens (tertiary/aromatic N) is 2. The van der Waals surface area contributed by atoms with E-state index in [2.05, 4.69) is 11.1 Å². The molecule has 0 saturated heterocycles. The molecular weight excluding hydrogens is 364 g/mol. The van der Waals surface area contributed by atoms with E-state index < -0.39 is 0 Å².